The molecule has 0 saturated carbocycles. The van der Waals surface area contributed by atoms with Gasteiger partial charge >= 0.3 is 0 Å². The fourth-order valence-corrected chi connectivity index (χ4v) is 3.25. The maximum absolute atomic E-state index is 12.0. The highest BCUT2D eigenvalue weighted by atomic mass is 32.1. The summed E-state index contributed by atoms with van der Waals surface area (Å²) in [5.74, 6) is 0.340. The molecule has 0 aromatic carbocycles. The van der Waals surface area contributed by atoms with Gasteiger partial charge in [-0.05, 0) is 31.9 Å². The largest absolute Gasteiger partial charge is 0.293 e. The third-order valence-electron chi connectivity index (χ3n) is 3.70. The van der Waals surface area contributed by atoms with Crippen LogP contribution in [0.3, 0.4) is 0 Å². The minimum Gasteiger partial charge on any atom is -0.293 e. The molecule has 0 bridgehead atoms. The molecule has 0 fully saturated rings. The Kier molecular flexibility index (Phi) is 8.04. The van der Waals surface area contributed by atoms with E-state index in [4.69, 9.17) is 0 Å². The topological polar surface area (TPSA) is 17.1 Å². The van der Waals surface area contributed by atoms with Gasteiger partial charge in [0.05, 0.1) is 4.88 Å². The number of carbonyl (C=O) groups excluding carboxylic acids is 1. The quantitative estimate of drug-likeness (QED) is 0.375. The van der Waals surface area contributed by atoms with Crippen LogP contribution in [-0.4, -0.2) is 5.78 Å². The lowest BCUT2D eigenvalue weighted by Gasteiger charge is -2.01. The minimum atomic E-state index is 0.340. The number of hydrogen-bond donors (Lipinski definition) is 0. The van der Waals surface area contributed by atoms with Gasteiger partial charge in [-0.3, -0.25) is 4.79 Å². The van der Waals surface area contributed by atoms with Crippen molar-refractivity contribution in [3.05, 3.63) is 21.4 Å². The number of aryl methyl sites for hydroxylation is 2. The van der Waals surface area contributed by atoms with Crippen LogP contribution in [0.5, 0.6) is 0 Å². The van der Waals surface area contributed by atoms with Crippen molar-refractivity contribution in [1.82, 2.24) is 0 Å². The smallest absolute Gasteiger partial charge is 0.172 e. The van der Waals surface area contributed by atoms with E-state index < -0.39 is 0 Å². The Morgan fingerprint density at radius 1 is 1.00 bits per heavy atom. The van der Waals surface area contributed by atoms with Gasteiger partial charge in [0.1, 0.15) is 0 Å². The Bertz CT molecular complexity index is 359. The highest BCUT2D eigenvalue weighted by Crippen LogP contribution is 2.22. The highest BCUT2D eigenvalue weighted by Gasteiger charge is 2.09. The molecule has 19 heavy (non-hydrogen) atoms. The standard InChI is InChI=1S/C17H28OS/c1-4-5-6-7-8-9-10-11-12-16(18)17-13-14(2)15(3)19-17/h13H,4-12H2,1-3H3. The van der Waals surface area contributed by atoms with Crippen LogP contribution < -0.4 is 0 Å². The minimum absolute atomic E-state index is 0.340. The Morgan fingerprint density at radius 2 is 1.58 bits per heavy atom. The zero-order valence-electron chi connectivity index (χ0n) is 12.8. The van der Waals surface area contributed by atoms with E-state index in [0.717, 1.165) is 17.7 Å². The summed E-state index contributed by atoms with van der Waals surface area (Å²) in [5, 5.41) is 0. The molecule has 0 radical (unpaired) electrons. The summed E-state index contributed by atoms with van der Waals surface area (Å²) in [5.41, 5.74) is 1.25. The maximum atomic E-state index is 12.0. The number of rotatable bonds is 10. The molecule has 0 saturated heterocycles. The zero-order chi connectivity index (χ0) is 14.1. The summed E-state index contributed by atoms with van der Waals surface area (Å²) in [6, 6.07) is 2.05. The molecule has 1 rings (SSSR count). The van der Waals surface area contributed by atoms with E-state index in [2.05, 4.69) is 20.8 Å². The molecule has 1 aromatic rings. The SMILES string of the molecule is CCCCCCCCCCC(=O)c1cc(C)c(C)s1. The number of unbranched alkanes of at least 4 members (excludes halogenated alkanes) is 7. The first-order chi connectivity index (χ1) is 9.15. The fraction of sp³-hybridized carbons (Fsp3) is 0.706. The van der Waals surface area contributed by atoms with Crippen LogP contribution in [0.25, 0.3) is 0 Å². The molecular formula is C17H28OS. The predicted octanol–water partition coefficient (Wildman–Crippen LogP) is 6.08. The molecule has 0 amide bonds. The molecule has 0 atom stereocenters. The van der Waals surface area contributed by atoms with Crippen LogP contribution in [0.4, 0.5) is 0 Å². The zero-order valence-corrected chi connectivity index (χ0v) is 13.6. The van der Waals surface area contributed by atoms with Crippen LogP contribution in [0.1, 0.15) is 84.8 Å². The first kappa shape index (κ1) is 16.4. The van der Waals surface area contributed by atoms with Gasteiger partial charge in [-0.2, -0.15) is 0 Å². The maximum Gasteiger partial charge on any atom is 0.172 e. The van der Waals surface area contributed by atoms with Crippen molar-refractivity contribution in [3.63, 3.8) is 0 Å². The van der Waals surface area contributed by atoms with Gasteiger partial charge in [-0.1, -0.05) is 51.9 Å². The molecule has 1 heterocycles. The van der Waals surface area contributed by atoms with Crippen molar-refractivity contribution < 1.29 is 4.79 Å². The second kappa shape index (κ2) is 9.30. The first-order valence-electron chi connectivity index (χ1n) is 7.75. The van der Waals surface area contributed by atoms with Crippen LogP contribution in [0.2, 0.25) is 0 Å². The predicted molar refractivity (Wildman–Crippen MR) is 85.4 cm³/mol. The fourth-order valence-electron chi connectivity index (χ4n) is 2.25. The lowest BCUT2D eigenvalue weighted by molar-refractivity contribution is 0.0983. The molecule has 0 aliphatic heterocycles. The van der Waals surface area contributed by atoms with E-state index in [1.54, 1.807) is 11.3 Å². The summed E-state index contributed by atoms with van der Waals surface area (Å²) in [6.45, 7) is 6.42. The number of Topliss-reactive ketones (excluding diaryl/α,β-unsaturated/α-hetero) is 1. The molecule has 2 heteroatoms. The molecule has 0 unspecified atom stereocenters. The molecule has 0 N–H and O–H groups in total. The number of carbonyl (C=O) groups is 1. The van der Waals surface area contributed by atoms with Crippen molar-refractivity contribution in [2.45, 2.75) is 78.6 Å². The lowest BCUT2D eigenvalue weighted by Crippen LogP contribution is -1.95. The molecular weight excluding hydrogens is 252 g/mol. The average molecular weight is 280 g/mol. The summed E-state index contributed by atoms with van der Waals surface area (Å²) in [7, 11) is 0. The molecule has 0 spiro atoms. The van der Waals surface area contributed by atoms with Gasteiger partial charge in [-0.25, -0.2) is 0 Å². The summed E-state index contributed by atoms with van der Waals surface area (Å²) < 4.78 is 0. The van der Waals surface area contributed by atoms with E-state index in [1.165, 1.54) is 55.4 Å². The van der Waals surface area contributed by atoms with Crippen molar-refractivity contribution >= 4 is 17.1 Å². The number of ketones is 1. The van der Waals surface area contributed by atoms with E-state index in [1.807, 2.05) is 6.07 Å². The van der Waals surface area contributed by atoms with Gasteiger partial charge < -0.3 is 0 Å². The Balaban J connectivity index is 2.08. The van der Waals surface area contributed by atoms with Crippen molar-refractivity contribution in [1.29, 1.82) is 0 Å². The first-order valence-corrected chi connectivity index (χ1v) is 8.57. The Hall–Kier alpha value is -0.630. The number of hydrogen-bond acceptors (Lipinski definition) is 2. The van der Waals surface area contributed by atoms with Crippen LogP contribution >= 0.6 is 11.3 Å². The van der Waals surface area contributed by atoms with E-state index >= 15 is 0 Å². The Labute approximate surface area is 122 Å². The molecule has 0 aliphatic carbocycles. The van der Waals surface area contributed by atoms with E-state index in [0.29, 0.717) is 5.78 Å². The molecule has 1 nitrogen and oxygen atoms in total. The second-order valence-corrected chi connectivity index (χ2v) is 6.75. The third kappa shape index (κ3) is 6.38. The third-order valence-corrected chi connectivity index (χ3v) is 4.89. The van der Waals surface area contributed by atoms with Crippen molar-refractivity contribution in [2.24, 2.45) is 0 Å². The highest BCUT2D eigenvalue weighted by molar-refractivity contribution is 7.14. The van der Waals surface area contributed by atoms with Crippen LogP contribution in [-0.2, 0) is 0 Å². The lowest BCUT2D eigenvalue weighted by atomic mass is 10.1. The number of thiophene rings is 1. The van der Waals surface area contributed by atoms with Gasteiger partial charge in [-0.15, -0.1) is 11.3 Å². The molecule has 0 aliphatic rings. The molecule has 1 aromatic heterocycles. The average Bonchev–Trinajstić information content (AvgIpc) is 2.73. The summed E-state index contributed by atoms with van der Waals surface area (Å²) in [6.07, 6.45) is 11.1. The normalized spacial score (nSPS) is 10.9. The second-order valence-electron chi connectivity index (χ2n) is 5.50. The van der Waals surface area contributed by atoms with Gasteiger partial charge in [0.25, 0.3) is 0 Å². The summed E-state index contributed by atoms with van der Waals surface area (Å²) in [4.78, 5) is 14.2. The summed E-state index contributed by atoms with van der Waals surface area (Å²) >= 11 is 1.65. The van der Waals surface area contributed by atoms with Gasteiger partial charge in [0, 0.05) is 11.3 Å². The van der Waals surface area contributed by atoms with Crippen molar-refractivity contribution in [2.75, 3.05) is 0 Å². The van der Waals surface area contributed by atoms with E-state index in [-0.39, 0.29) is 0 Å². The van der Waals surface area contributed by atoms with Crippen LogP contribution in [0, 0.1) is 13.8 Å². The van der Waals surface area contributed by atoms with Crippen molar-refractivity contribution in [3.8, 4) is 0 Å². The van der Waals surface area contributed by atoms with Gasteiger partial charge in [0.15, 0.2) is 5.78 Å². The van der Waals surface area contributed by atoms with Crippen LogP contribution in [0.15, 0.2) is 6.07 Å². The monoisotopic (exact) mass is 280 g/mol. The Morgan fingerprint density at radius 3 is 2.11 bits per heavy atom. The van der Waals surface area contributed by atoms with E-state index in [9.17, 15) is 4.79 Å². The molecule has 108 valence electrons. The van der Waals surface area contributed by atoms with Gasteiger partial charge in [0.2, 0.25) is 0 Å².